The van der Waals surface area contributed by atoms with E-state index in [1.807, 2.05) is 0 Å². The minimum Gasteiger partial charge on any atom is -0.508 e. The van der Waals surface area contributed by atoms with Crippen LogP contribution in [0.5, 0.6) is 5.75 Å². The number of carbonyl (C=O) groups is 1. The molecule has 1 rings (SSSR count). The van der Waals surface area contributed by atoms with Crippen molar-refractivity contribution in [2.24, 2.45) is 5.10 Å². The van der Waals surface area contributed by atoms with Gasteiger partial charge in [0.05, 0.1) is 0 Å². The van der Waals surface area contributed by atoms with Crippen LogP contribution in [0.15, 0.2) is 29.4 Å². The highest BCUT2D eigenvalue weighted by Gasteiger charge is 2.32. The second-order valence-corrected chi connectivity index (χ2v) is 3.19. The molecule has 0 heterocycles. The summed E-state index contributed by atoms with van der Waals surface area (Å²) >= 11 is 0. The Morgan fingerprint density at radius 2 is 2.06 bits per heavy atom. The number of carbonyl (C=O) groups excluding carboxylic acids is 1. The van der Waals surface area contributed by atoms with Crippen molar-refractivity contribution in [1.82, 2.24) is 5.43 Å². The van der Waals surface area contributed by atoms with E-state index in [-0.39, 0.29) is 11.3 Å². The van der Waals surface area contributed by atoms with Crippen molar-refractivity contribution in [3.8, 4) is 5.75 Å². The Balaban J connectivity index is 2.75. The van der Waals surface area contributed by atoms with Gasteiger partial charge in [0.2, 0.25) is 0 Å². The highest BCUT2D eigenvalue weighted by atomic mass is 19.4. The summed E-state index contributed by atoms with van der Waals surface area (Å²) in [6.07, 6.45) is -4.58. The Labute approximate surface area is 94.8 Å². The normalized spacial score (nSPS) is 12.4. The van der Waals surface area contributed by atoms with Gasteiger partial charge in [-0.15, -0.1) is 0 Å². The molecule has 1 amide bonds. The lowest BCUT2D eigenvalue weighted by molar-refractivity contribution is -0.0595. The van der Waals surface area contributed by atoms with Crippen molar-refractivity contribution in [2.45, 2.75) is 13.1 Å². The summed E-state index contributed by atoms with van der Waals surface area (Å²) in [5, 5.41) is 12.0. The van der Waals surface area contributed by atoms with Crippen LogP contribution in [0.2, 0.25) is 0 Å². The van der Waals surface area contributed by atoms with Gasteiger partial charge >= 0.3 is 6.18 Å². The zero-order valence-corrected chi connectivity index (χ0v) is 8.75. The molecule has 0 saturated carbocycles. The molecule has 0 fully saturated rings. The van der Waals surface area contributed by atoms with E-state index < -0.39 is 17.8 Å². The van der Waals surface area contributed by atoms with Crippen LogP contribution in [0.1, 0.15) is 17.3 Å². The zero-order valence-electron chi connectivity index (χ0n) is 8.75. The minimum atomic E-state index is -4.58. The monoisotopic (exact) mass is 246 g/mol. The van der Waals surface area contributed by atoms with Crippen molar-refractivity contribution in [3.05, 3.63) is 29.8 Å². The van der Waals surface area contributed by atoms with Crippen LogP contribution >= 0.6 is 0 Å². The Kier molecular flexibility index (Phi) is 3.72. The molecular formula is C10H9F3N2O2. The first-order valence-corrected chi connectivity index (χ1v) is 4.51. The van der Waals surface area contributed by atoms with E-state index in [0.717, 1.165) is 13.0 Å². The van der Waals surface area contributed by atoms with Gasteiger partial charge < -0.3 is 5.11 Å². The summed E-state index contributed by atoms with van der Waals surface area (Å²) < 4.78 is 36.1. The van der Waals surface area contributed by atoms with E-state index in [1.165, 1.54) is 18.2 Å². The molecule has 92 valence electrons. The van der Waals surface area contributed by atoms with Gasteiger partial charge in [0.15, 0.2) is 0 Å². The van der Waals surface area contributed by atoms with Crippen LogP contribution in [-0.4, -0.2) is 22.9 Å². The molecule has 0 atom stereocenters. The smallest absolute Gasteiger partial charge is 0.430 e. The number of phenolic OH excluding ortho intramolecular Hbond substituents is 1. The zero-order chi connectivity index (χ0) is 13.1. The number of hydrazone groups is 1. The lowest BCUT2D eigenvalue weighted by Gasteiger charge is -2.05. The fraction of sp³-hybridized carbons (Fsp3) is 0.200. The van der Waals surface area contributed by atoms with Gasteiger partial charge in [0, 0.05) is 5.56 Å². The fourth-order valence-electron chi connectivity index (χ4n) is 0.910. The number of aromatic hydroxyl groups is 1. The first kappa shape index (κ1) is 13.0. The minimum absolute atomic E-state index is 0.0173. The van der Waals surface area contributed by atoms with Gasteiger partial charge in [0.1, 0.15) is 11.5 Å². The van der Waals surface area contributed by atoms with Crippen LogP contribution in [0.25, 0.3) is 0 Å². The molecule has 0 unspecified atom stereocenters. The molecule has 0 aliphatic heterocycles. The van der Waals surface area contributed by atoms with Crippen molar-refractivity contribution in [1.29, 1.82) is 0 Å². The first-order valence-electron chi connectivity index (χ1n) is 4.51. The average molecular weight is 246 g/mol. The molecule has 0 aliphatic carbocycles. The number of hydrogen-bond donors (Lipinski definition) is 2. The molecule has 0 saturated heterocycles. The number of hydrogen-bond acceptors (Lipinski definition) is 3. The molecule has 17 heavy (non-hydrogen) atoms. The van der Waals surface area contributed by atoms with Gasteiger partial charge in [-0.25, -0.2) is 5.43 Å². The Morgan fingerprint density at radius 1 is 1.41 bits per heavy atom. The third kappa shape index (κ3) is 3.78. The number of amides is 1. The summed E-state index contributed by atoms with van der Waals surface area (Å²) in [6.45, 7) is 0.739. The van der Waals surface area contributed by atoms with E-state index in [1.54, 1.807) is 5.43 Å². The number of nitrogens with one attached hydrogen (secondary N) is 1. The summed E-state index contributed by atoms with van der Waals surface area (Å²) in [7, 11) is 0. The summed E-state index contributed by atoms with van der Waals surface area (Å²) in [5.41, 5.74) is 0.607. The maximum Gasteiger partial charge on any atom is 0.430 e. The molecular weight excluding hydrogens is 237 g/mol. The lowest BCUT2D eigenvalue weighted by atomic mass is 10.2. The number of benzene rings is 1. The van der Waals surface area contributed by atoms with Gasteiger partial charge in [-0.1, -0.05) is 6.07 Å². The second-order valence-electron chi connectivity index (χ2n) is 3.19. The molecule has 0 aromatic heterocycles. The van der Waals surface area contributed by atoms with Gasteiger partial charge in [-0.2, -0.15) is 18.3 Å². The molecule has 1 aromatic carbocycles. The van der Waals surface area contributed by atoms with Crippen LogP contribution < -0.4 is 5.43 Å². The Bertz CT molecular complexity index is 455. The van der Waals surface area contributed by atoms with Gasteiger partial charge in [0.25, 0.3) is 5.91 Å². The SMILES string of the molecule is CC(=NNC(=O)c1cccc(O)c1)C(F)(F)F. The quantitative estimate of drug-likeness (QED) is 0.619. The standard InChI is InChI=1S/C10H9F3N2O2/c1-6(10(11,12)13)14-15-9(17)7-3-2-4-8(16)5-7/h2-5,16H,1H3,(H,15,17). The second kappa shape index (κ2) is 4.86. The fourth-order valence-corrected chi connectivity index (χ4v) is 0.910. The van der Waals surface area contributed by atoms with E-state index in [9.17, 15) is 18.0 Å². The largest absolute Gasteiger partial charge is 0.508 e. The van der Waals surface area contributed by atoms with E-state index in [0.29, 0.717) is 0 Å². The van der Waals surface area contributed by atoms with Crippen LogP contribution in [0.3, 0.4) is 0 Å². The number of nitrogens with zero attached hydrogens (tertiary/aromatic N) is 1. The van der Waals surface area contributed by atoms with E-state index in [4.69, 9.17) is 5.11 Å². The maximum absolute atomic E-state index is 12.0. The topological polar surface area (TPSA) is 61.7 Å². The number of phenols is 1. The first-order chi connectivity index (χ1) is 7.80. The molecule has 0 spiro atoms. The van der Waals surface area contributed by atoms with Crippen molar-refractivity contribution >= 4 is 11.6 Å². The van der Waals surface area contributed by atoms with Crippen molar-refractivity contribution in [2.75, 3.05) is 0 Å². The average Bonchev–Trinajstić information content (AvgIpc) is 2.24. The van der Waals surface area contributed by atoms with Crippen LogP contribution in [0.4, 0.5) is 13.2 Å². The number of alkyl halides is 3. The predicted octanol–water partition coefficient (Wildman–Crippen LogP) is 2.06. The Hall–Kier alpha value is -2.05. The Morgan fingerprint density at radius 3 is 2.59 bits per heavy atom. The van der Waals surface area contributed by atoms with Crippen molar-refractivity contribution < 1.29 is 23.1 Å². The lowest BCUT2D eigenvalue weighted by Crippen LogP contribution is -2.26. The predicted molar refractivity (Wildman–Crippen MR) is 54.7 cm³/mol. The molecule has 0 bridgehead atoms. The van der Waals surface area contributed by atoms with Crippen LogP contribution in [-0.2, 0) is 0 Å². The van der Waals surface area contributed by atoms with Gasteiger partial charge in [-0.3, -0.25) is 4.79 Å². The molecule has 2 N–H and O–H groups in total. The molecule has 0 aliphatic rings. The third-order valence-electron chi connectivity index (χ3n) is 1.84. The summed E-state index contributed by atoms with van der Waals surface area (Å²) in [5.74, 6) is -0.987. The highest BCUT2D eigenvalue weighted by molar-refractivity contribution is 5.96. The maximum atomic E-state index is 12.0. The molecule has 4 nitrogen and oxygen atoms in total. The van der Waals surface area contributed by atoms with Crippen LogP contribution in [0, 0.1) is 0 Å². The summed E-state index contributed by atoms with van der Waals surface area (Å²) in [6, 6.07) is 5.19. The van der Waals surface area contributed by atoms with Crippen molar-refractivity contribution in [3.63, 3.8) is 0 Å². The van der Waals surface area contributed by atoms with E-state index in [2.05, 4.69) is 5.10 Å². The molecule has 7 heteroatoms. The van der Waals surface area contributed by atoms with Gasteiger partial charge in [-0.05, 0) is 25.1 Å². The molecule has 1 aromatic rings. The molecule has 0 radical (unpaired) electrons. The number of rotatable bonds is 2. The van der Waals surface area contributed by atoms with E-state index >= 15 is 0 Å². The summed E-state index contributed by atoms with van der Waals surface area (Å²) in [4.78, 5) is 11.3. The third-order valence-corrected chi connectivity index (χ3v) is 1.84. The number of halogens is 3. The highest BCUT2D eigenvalue weighted by Crippen LogP contribution is 2.16.